The summed E-state index contributed by atoms with van der Waals surface area (Å²) in [6, 6.07) is 3.82. The van der Waals surface area contributed by atoms with Gasteiger partial charge >= 0.3 is 0 Å². The summed E-state index contributed by atoms with van der Waals surface area (Å²) < 4.78 is 1.04. The maximum atomic E-state index is 11.7. The second-order valence-electron chi connectivity index (χ2n) is 3.55. The molecule has 0 saturated heterocycles. The molecular weight excluding hydrogens is 288 g/mol. The number of nitrogens with one attached hydrogen (secondary N) is 2. The lowest BCUT2D eigenvalue weighted by atomic mass is 10.1. The van der Waals surface area contributed by atoms with Gasteiger partial charge in [-0.25, -0.2) is 0 Å². The van der Waals surface area contributed by atoms with E-state index in [2.05, 4.69) is 26.6 Å². The number of anilines is 1. The molecule has 1 amide bonds. The normalized spacial score (nSPS) is 18.4. The fourth-order valence-electron chi connectivity index (χ4n) is 1.83. The van der Waals surface area contributed by atoms with E-state index in [-0.39, 0.29) is 11.9 Å². The second kappa shape index (κ2) is 4.77. The predicted molar refractivity (Wildman–Crippen MR) is 71.0 cm³/mol. The van der Waals surface area contributed by atoms with Gasteiger partial charge in [0.15, 0.2) is 0 Å². The summed E-state index contributed by atoms with van der Waals surface area (Å²) in [5.41, 5.74) is 1.94. The summed E-state index contributed by atoms with van der Waals surface area (Å²) in [4.78, 5) is 12.9. The van der Waals surface area contributed by atoms with E-state index in [1.165, 1.54) is 0 Å². The number of rotatable bonds is 3. The molecule has 1 aromatic rings. The smallest absolute Gasteiger partial charge is 0.246 e. The molecule has 0 saturated carbocycles. The average Bonchev–Trinajstić information content (AvgIpc) is 2.55. The highest BCUT2D eigenvalue weighted by Crippen LogP contribution is 2.38. The fourth-order valence-corrected chi connectivity index (χ4v) is 3.16. The third kappa shape index (κ3) is 1.99. The molecule has 0 aliphatic carbocycles. The first-order chi connectivity index (χ1) is 7.67. The lowest BCUT2D eigenvalue weighted by molar-refractivity contribution is -0.117. The zero-order chi connectivity index (χ0) is 11.7. The van der Waals surface area contributed by atoms with E-state index in [0.29, 0.717) is 0 Å². The first kappa shape index (κ1) is 12.0. The number of amides is 1. The standard InChI is InChI=1S/C11H13BrN2OS/c1-3-13-10-6-4-7(12)9(16-2)5-8(6)14-11(10)15/h4-5,10,13H,3H2,1-2H3,(H,14,15). The minimum absolute atomic E-state index is 0.0296. The molecule has 3 nitrogen and oxygen atoms in total. The maximum absolute atomic E-state index is 11.7. The van der Waals surface area contributed by atoms with E-state index in [1.54, 1.807) is 11.8 Å². The van der Waals surface area contributed by atoms with E-state index in [4.69, 9.17) is 0 Å². The van der Waals surface area contributed by atoms with Gasteiger partial charge in [-0.15, -0.1) is 11.8 Å². The number of benzene rings is 1. The van der Waals surface area contributed by atoms with Crippen LogP contribution in [-0.4, -0.2) is 18.7 Å². The van der Waals surface area contributed by atoms with Crippen LogP contribution < -0.4 is 10.6 Å². The van der Waals surface area contributed by atoms with Crippen molar-refractivity contribution < 1.29 is 4.79 Å². The third-order valence-corrected chi connectivity index (χ3v) is 4.26. The molecule has 0 fully saturated rings. The van der Waals surface area contributed by atoms with E-state index in [0.717, 1.165) is 27.2 Å². The lowest BCUT2D eigenvalue weighted by Crippen LogP contribution is -2.27. The van der Waals surface area contributed by atoms with Gasteiger partial charge in [0.25, 0.3) is 0 Å². The Morgan fingerprint density at radius 1 is 1.56 bits per heavy atom. The average molecular weight is 301 g/mol. The molecule has 86 valence electrons. The third-order valence-electron chi connectivity index (χ3n) is 2.56. The molecule has 0 spiro atoms. The largest absolute Gasteiger partial charge is 0.324 e. The maximum Gasteiger partial charge on any atom is 0.246 e. The van der Waals surface area contributed by atoms with E-state index in [1.807, 2.05) is 25.3 Å². The molecule has 1 aliphatic heterocycles. The van der Waals surface area contributed by atoms with Crippen molar-refractivity contribution >= 4 is 39.3 Å². The highest BCUT2D eigenvalue weighted by molar-refractivity contribution is 9.10. The van der Waals surface area contributed by atoms with E-state index >= 15 is 0 Å². The van der Waals surface area contributed by atoms with Crippen LogP contribution in [0.5, 0.6) is 0 Å². The summed E-state index contributed by atoms with van der Waals surface area (Å²) in [7, 11) is 0. The van der Waals surface area contributed by atoms with Crippen LogP contribution >= 0.6 is 27.7 Å². The number of fused-ring (bicyclic) bond motifs is 1. The van der Waals surface area contributed by atoms with Gasteiger partial charge in [0, 0.05) is 20.6 Å². The summed E-state index contributed by atoms with van der Waals surface area (Å²) in [5.74, 6) is 0.0296. The Kier molecular flexibility index (Phi) is 3.56. The first-order valence-corrected chi connectivity index (χ1v) is 7.10. The molecule has 1 unspecified atom stereocenters. The Labute approximate surface area is 108 Å². The molecule has 2 N–H and O–H groups in total. The molecule has 1 aromatic carbocycles. The number of carbonyl (C=O) groups excluding carboxylic acids is 1. The molecule has 2 rings (SSSR count). The van der Waals surface area contributed by atoms with Crippen molar-refractivity contribution in [3.63, 3.8) is 0 Å². The van der Waals surface area contributed by atoms with E-state index in [9.17, 15) is 4.79 Å². The highest BCUT2D eigenvalue weighted by Gasteiger charge is 2.30. The molecule has 0 radical (unpaired) electrons. The van der Waals surface area contributed by atoms with Gasteiger partial charge in [0.2, 0.25) is 5.91 Å². The summed E-state index contributed by atoms with van der Waals surface area (Å²) in [6.07, 6.45) is 2.02. The van der Waals surface area contributed by atoms with Crippen molar-refractivity contribution in [3.05, 3.63) is 22.2 Å². The zero-order valence-electron chi connectivity index (χ0n) is 9.13. The van der Waals surface area contributed by atoms with Crippen molar-refractivity contribution in [1.82, 2.24) is 5.32 Å². The van der Waals surface area contributed by atoms with Crippen LogP contribution in [0.15, 0.2) is 21.5 Å². The Balaban J connectivity index is 2.43. The van der Waals surface area contributed by atoms with Crippen LogP contribution in [0.2, 0.25) is 0 Å². The first-order valence-electron chi connectivity index (χ1n) is 5.09. The van der Waals surface area contributed by atoms with Crippen molar-refractivity contribution in [2.24, 2.45) is 0 Å². The number of thioether (sulfide) groups is 1. The van der Waals surface area contributed by atoms with Crippen LogP contribution in [0, 0.1) is 0 Å². The molecule has 1 aliphatic rings. The Morgan fingerprint density at radius 2 is 2.31 bits per heavy atom. The van der Waals surface area contributed by atoms with Crippen LogP contribution in [0.25, 0.3) is 0 Å². The topological polar surface area (TPSA) is 41.1 Å². The highest BCUT2D eigenvalue weighted by atomic mass is 79.9. The number of likely N-dealkylation sites (N-methyl/N-ethyl adjacent to an activating group) is 1. The van der Waals surface area contributed by atoms with Crippen LogP contribution in [0.4, 0.5) is 5.69 Å². The van der Waals surface area contributed by atoms with Gasteiger partial charge in [0.1, 0.15) is 6.04 Å². The second-order valence-corrected chi connectivity index (χ2v) is 5.26. The molecule has 5 heteroatoms. The molecular formula is C11H13BrN2OS. The van der Waals surface area contributed by atoms with E-state index < -0.39 is 0 Å². The quantitative estimate of drug-likeness (QED) is 0.844. The predicted octanol–water partition coefficient (Wildman–Crippen LogP) is 2.77. The van der Waals surface area contributed by atoms with Crippen molar-refractivity contribution in [2.75, 3.05) is 18.1 Å². The molecule has 1 heterocycles. The van der Waals surface area contributed by atoms with Crippen molar-refractivity contribution in [2.45, 2.75) is 17.9 Å². The lowest BCUT2D eigenvalue weighted by Gasteiger charge is -2.10. The minimum Gasteiger partial charge on any atom is -0.324 e. The number of carbonyl (C=O) groups is 1. The van der Waals surface area contributed by atoms with Crippen molar-refractivity contribution in [3.8, 4) is 0 Å². The minimum atomic E-state index is -0.216. The van der Waals surface area contributed by atoms with Crippen molar-refractivity contribution in [1.29, 1.82) is 0 Å². The molecule has 0 bridgehead atoms. The van der Waals surface area contributed by atoms with Crippen LogP contribution in [-0.2, 0) is 4.79 Å². The Morgan fingerprint density at radius 3 is 2.94 bits per heavy atom. The molecule has 0 aromatic heterocycles. The monoisotopic (exact) mass is 300 g/mol. The van der Waals surface area contributed by atoms with Crippen LogP contribution in [0.1, 0.15) is 18.5 Å². The number of hydrogen-bond acceptors (Lipinski definition) is 3. The van der Waals surface area contributed by atoms with Gasteiger partial charge < -0.3 is 10.6 Å². The number of hydrogen-bond donors (Lipinski definition) is 2. The fraction of sp³-hybridized carbons (Fsp3) is 0.364. The number of halogens is 1. The molecule has 1 atom stereocenters. The Bertz CT molecular complexity index is 436. The summed E-state index contributed by atoms with van der Waals surface area (Å²) >= 11 is 5.18. The van der Waals surface area contributed by atoms with Gasteiger partial charge in [-0.2, -0.15) is 0 Å². The Hall–Kier alpha value is -0.520. The van der Waals surface area contributed by atoms with Gasteiger partial charge in [-0.05, 0) is 40.9 Å². The van der Waals surface area contributed by atoms with Gasteiger partial charge in [-0.3, -0.25) is 4.79 Å². The molecule has 16 heavy (non-hydrogen) atoms. The summed E-state index contributed by atoms with van der Waals surface area (Å²) in [5, 5.41) is 6.07. The van der Waals surface area contributed by atoms with Gasteiger partial charge in [-0.1, -0.05) is 6.92 Å². The van der Waals surface area contributed by atoms with Gasteiger partial charge in [0.05, 0.1) is 0 Å². The van der Waals surface area contributed by atoms with Crippen LogP contribution in [0.3, 0.4) is 0 Å². The SMILES string of the molecule is CCNC1C(=O)Nc2cc(SC)c(Br)cc21. The zero-order valence-corrected chi connectivity index (χ0v) is 11.5. The summed E-state index contributed by atoms with van der Waals surface area (Å²) in [6.45, 7) is 2.77.